The Hall–Kier alpha value is -0.610. The fourth-order valence-corrected chi connectivity index (χ4v) is 2.99. The second kappa shape index (κ2) is 6.02. The predicted octanol–water partition coefficient (Wildman–Crippen LogP) is 2.44. The minimum atomic E-state index is -0.526. The summed E-state index contributed by atoms with van der Waals surface area (Å²) in [7, 11) is 0. The van der Waals surface area contributed by atoms with E-state index in [1.54, 1.807) is 0 Å². The van der Waals surface area contributed by atoms with Crippen molar-refractivity contribution in [2.24, 2.45) is 16.6 Å². The summed E-state index contributed by atoms with van der Waals surface area (Å²) in [4.78, 5) is 12.5. The summed E-state index contributed by atoms with van der Waals surface area (Å²) in [6.45, 7) is 15.8. The van der Waals surface area contributed by atoms with Gasteiger partial charge in [-0.3, -0.25) is 4.79 Å². The molecule has 1 amide bonds. The van der Waals surface area contributed by atoms with Gasteiger partial charge in [0.15, 0.2) is 0 Å². The van der Waals surface area contributed by atoms with E-state index in [4.69, 9.17) is 5.73 Å². The Bertz CT molecular complexity index is 339. The first-order valence-corrected chi connectivity index (χ1v) is 7.33. The highest BCUT2D eigenvalue weighted by atomic mass is 16.3. The van der Waals surface area contributed by atoms with Crippen molar-refractivity contribution in [1.29, 1.82) is 0 Å². The van der Waals surface area contributed by atoms with Crippen LogP contribution in [-0.2, 0) is 4.79 Å². The first-order valence-electron chi connectivity index (χ1n) is 7.33. The molecule has 0 unspecified atom stereocenters. The smallest absolute Gasteiger partial charge is 0.226 e. The van der Waals surface area contributed by atoms with Crippen LogP contribution in [0.5, 0.6) is 0 Å². The summed E-state index contributed by atoms with van der Waals surface area (Å²) in [6.07, 6.45) is 1.33. The maximum atomic E-state index is 12.5. The molecule has 4 heteroatoms. The minimum Gasteiger partial charge on any atom is -0.396 e. The Morgan fingerprint density at radius 2 is 1.45 bits per heavy atom. The topological polar surface area (TPSA) is 75.3 Å². The molecular formula is C16H34N2O2. The Morgan fingerprint density at radius 1 is 1.00 bits per heavy atom. The molecule has 20 heavy (non-hydrogen) atoms. The number of hydrogen-bond acceptors (Lipinski definition) is 3. The fraction of sp³-hybridized carbons (Fsp3) is 0.938. The third kappa shape index (κ3) is 7.25. The van der Waals surface area contributed by atoms with Crippen LogP contribution in [0.25, 0.3) is 0 Å². The van der Waals surface area contributed by atoms with Gasteiger partial charge in [-0.25, -0.2) is 0 Å². The molecule has 0 bridgehead atoms. The van der Waals surface area contributed by atoms with E-state index in [1.807, 2.05) is 55.4 Å². The van der Waals surface area contributed by atoms with E-state index in [0.717, 1.165) is 0 Å². The van der Waals surface area contributed by atoms with Gasteiger partial charge in [-0.2, -0.15) is 0 Å². The van der Waals surface area contributed by atoms with E-state index < -0.39 is 5.41 Å². The van der Waals surface area contributed by atoms with E-state index >= 15 is 0 Å². The van der Waals surface area contributed by atoms with Crippen LogP contribution in [0, 0.1) is 10.8 Å². The fourth-order valence-electron chi connectivity index (χ4n) is 2.99. The number of amides is 1. The van der Waals surface area contributed by atoms with Crippen LogP contribution < -0.4 is 11.1 Å². The summed E-state index contributed by atoms with van der Waals surface area (Å²) >= 11 is 0. The number of rotatable bonds is 7. The summed E-state index contributed by atoms with van der Waals surface area (Å²) in [5, 5.41) is 12.5. The Labute approximate surface area is 124 Å². The molecule has 4 N–H and O–H groups in total. The number of carbonyl (C=O) groups excluding carboxylic acids is 1. The van der Waals surface area contributed by atoms with Gasteiger partial charge in [-0.1, -0.05) is 27.7 Å². The van der Waals surface area contributed by atoms with Crippen molar-refractivity contribution in [3.63, 3.8) is 0 Å². The van der Waals surface area contributed by atoms with E-state index in [9.17, 15) is 9.90 Å². The second-order valence-electron chi connectivity index (χ2n) is 8.89. The zero-order valence-electron chi connectivity index (χ0n) is 14.6. The van der Waals surface area contributed by atoms with Crippen molar-refractivity contribution in [3.05, 3.63) is 0 Å². The number of hydrogen-bond donors (Lipinski definition) is 3. The number of carbonyl (C=O) groups is 1. The Morgan fingerprint density at radius 3 is 1.80 bits per heavy atom. The molecule has 0 aromatic rings. The first-order chi connectivity index (χ1) is 8.60. The first kappa shape index (κ1) is 19.4. The van der Waals surface area contributed by atoms with Gasteiger partial charge in [0.25, 0.3) is 0 Å². The molecule has 0 atom stereocenters. The molecule has 0 heterocycles. The van der Waals surface area contributed by atoms with Crippen molar-refractivity contribution in [1.82, 2.24) is 5.32 Å². The van der Waals surface area contributed by atoms with Crippen LogP contribution >= 0.6 is 0 Å². The molecule has 4 nitrogen and oxygen atoms in total. The largest absolute Gasteiger partial charge is 0.396 e. The van der Waals surface area contributed by atoms with Gasteiger partial charge in [0.1, 0.15) is 0 Å². The van der Waals surface area contributed by atoms with Crippen LogP contribution in [0.4, 0.5) is 0 Å². The lowest BCUT2D eigenvalue weighted by atomic mass is 9.74. The summed E-state index contributed by atoms with van der Waals surface area (Å²) in [6, 6.07) is 0. The monoisotopic (exact) mass is 286 g/mol. The Kier molecular flexibility index (Phi) is 5.84. The van der Waals surface area contributed by atoms with Crippen molar-refractivity contribution >= 4 is 5.91 Å². The molecular weight excluding hydrogens is 252 g/mol. The van der Waals surface area contributed by atoms with Gasteiger partial charge >= 0.3 is 0 Å². The van der Waals surface area contributed by atoms with Crippen molar-refractivity contribution in [3.8, 4) is 0 Å². The molecule has 0 aromatic carbocycles. The molecule has 0 saturated heterocycles. The van der Waals surface area contributed by atoms with Gasteiger partial charge in [-0.15, -0.1) is 0 Å². The van der Waals surface area contributed by atoms with Crippen LogP contribution in [0.15, 0.2) is 0 Å². The molecule has 0 aliphatic heterocycles. The standard InChI is InChI=1S/C16H34N2O2/c1-13(2,11-19)9-14(3,4)12(20)18-16(7,8)10-15(5,6)17/h19H,9-11,17H2,1-8H3,(H,18,20). The van der Waals surface area contributed by atoms with Crippen molar-refractivity contribution in [2.75, 3.05) is 6.61 Å². The van der Waals surface area contributed by atoms with E-state index in [0.29, 0.717) is 12.8 Å². The predicted molar refractivity (Wildman–Crippen MR) is 84.4 cm³/mol. The van der Waals surface area contributed by atoms with Gasteiger partial charge in [0.2, 0.25) is 5.91 Å². The highest BCUT2D eigenvalue weighted by Gasteiger charge is 2.37. The molecule has 0 rings (SSSR count). The number of nitrogens with two attached hydrogens (primary N) is 1. The maximum Gasteiger partial charge on any atom is 0.226 e. The summed E-state index contributed by atoms with van der Waals surface area (Å²) < 4.78 is 0. The highest BCUT2D eigenvalue weighted by molar-refractivity contribution is 5.82. The minimum absolute atomic E-state index is 0.00766. The number of nitrogens with one attached hydrogen (secondary N) is 1. The van der Waals surface area contributed by atoms with Gasteiger partial charge in [0, 0.05) is 23.1 Å². The lowest BCUT2D eigenvalue weighted by molar-refractivity contribution is -0.133. The molecule has 0 aliphatic rings. The summed E-state index contributed by atoms with van der Waals surface area (Å²) in [5.41, 5.74) is 4.57. The van der Waals surface area contributed by atoms with Crippen molar-refractivity contribution < 1.29 is 9.90 Å². The molecule has 0 spiro atoms. The SMILES string of the molecule is CC(C)(N)CC(C)(C)NC(=O)C(C)(C)CC(C)(C)CO. The van der Waals surface area contributed by atoms with Crippen molar-refractivity contribution in [2.45, 2.75) is 79.3 Å². The molecule has 0 saturated carbocycles. The van der Waals surface area contributed by atoms with Crippen LogP contribution in [-0.4, -0.2) is 28.7 Å². The second-order valence-corrected chi connectivity index (χ2v) is 8.89. The molecule has 0 fully saturated rings. The van der Waals surface area contributed by atoms with E-state index in [-0.39, 0.29) is 29.0 Å². The molecule has 0 aromatic heterocycles. The quantitative estimate of drug-likeness (QED) is 0.673. The van der Waals surface area contributed by atoms with Crippen LogP contribution in [0.2, 0.25) is 0 Å². The van der Waals surface area contributed by atoms with Crippen LogP contribution in [0.1, 0.15) is 68.2 Å². The third-order valence-corrected chi connectivity index (χ3v) is 3.31. The molecule has 120 valence electrons. The zero-order chi connectivity index (χ0) is 16.4. The van der Waals surface area contributed by atoms with Crippen LogP contribution in [0.3, 0.4) is 0 Å². The van der Waals surface area contributed by atoms with Gasteiger partial charge < -0.3 is 16.2 Å². The number of aliphatic hydroxyl groups excluding tert-OH is 1. The summed E-state index contributed by atoms with van der Waals surface area (Å²) in [5.74, 6) is 0.00766. The van der Waals surface area contributed by atoms with Gasteiger partial charge in [-0.05, 0) is 46.0 Å². The van der Waals surface area contributed by atoms with Gasteiger partial charge in [0.05, 0.1) is 0 Å². The lowest BCUT2D eigenvalue weighted by Crippen LogP contribution is -2.54. The maximum absolute atomic E-state index is 12.5. The van der Waals surface area contributed by atoms with E-state index in [2.05, 4.69) is 5.32 Å². The average Bonchev–Trinajstić information content (AvgIpc) is 2.10. The highest BCUT2D eigenvalue weighted by Crippen LogP contribution is 2.34. The zero-order valence-corrected chi connectivity index (χ0v) is 14.6. The normalized spacial score (nSPS) is 14.3. The Balaban J connectivity index is 4.82. The lowest BCUT2D eigenvalue weighted by Gasteiger charge is -2.38. The van der Waals surface area contributed by atoms with E-state index in [1.165, 1.54) is 0 Å². The molecule has 0 radical (unpaired) electrons. The average molecular weight is 286 g/mol. The molecule has 0 aliphatic carbocycles. The third-order valence-electron chi connectivity index (χ3n) is 3.31. The number of aliphatic hydroxyl groups is 1.